The van der Waals surface area contributed by atoms with Crippen LogP contribution in [-0.2, 0) is 0 Å². The summed E-state index contributed by atoms with van der Waals surface area (Å²) in [6.45, 7) is 1.91. The van der Waals surface area contributed by atoms with Gasteiger partial charge in [0.05, 0.1) is 5.69 Å². The van der Waals surface area contributed by atoms with Gasteiger partial charge in [0.15, 0.2) is 0 Å². The predicted molar refractivity (Wildman–Crippen MR) is 93.0 cm³/mol. The second-order valence-electron chi connectivity index (χ2n) is 4.17. The van der Waals surface area contributed by atoms with Crippen molar-refractivity contribution in [2.24, 2.45) is 0 Å². The molecule has 2 amide bonds. The number of rotatable bonds is 2. The molecule has 0 spiro atoms. The van der Waals surface area contributed by atoms with Gasteiger partial charge < -0.3 is 10.6 Å². The highest BCUT2D eigenvalue weighted by Gasteiger charge is 2.07. The first-order chi connectivity index (χ1) is 9.45. The molecule has 0 aliphatic carbocycles. The first-order valence-corrected chi connectivity index (χ1v) is 7.58. The van der Waals surface area contributed by atoms with Crippen LogP contribution in [0.4, 0.5) is 16.2 Å². The van der Waals surface area contributed by atoms with Crippen molar-refractivity contribution in [1.29, 1.82) is 0 Å². The number of amides is 2. The van der Waals surface area contributed by atoms with E-state index in [1.54, 1.807) is 30.3 Å². The SMILES string of the molecule is Cc1ccc(NC(=O)Nc2ccc(Cl)cc2I)cc1Cl. The maximum atomic E-state index is 11.9. The Morgan fingerprint density at radius 3 is 2.50 bits per heavy atom. The van der Waals surface area contributed by atoms with Gasteiger partial charge in [-0.05, 0) is 65.4 Å². The highest BCUT2D eigenvalue weighted by molar-refractivity contribution is 14.1. The fourth-order valence-corrected chi connectivity index (χ4v) is 2.73. The number of carbonyl (C=O) groups excluding carboxylic acids is 1. The lowest BCUT2D eigenvalue weighted by atomic mass is 10.2. The highest BCUT2D eigenvalue weighted by atomic mass is 127. The van der Waals surface area contributed by atoms with Crippen molar-refractivity contribution in [2.75, 3.05) is 10.6 Å². The smallest absolute Gasteiger partial charge is 0.308 e. The summed E-state index contributed by atoms with van der Waals surface area (Å²) in [6.07, 6.45) is 0. The molecule has 2 rings (SSSR count). The van der Waals surface area contributed by atoms with Crippen LogP contribution in [0.1, 0.15) is 5.56 Å². The number of halogens is 3. The summed E-state index contributed by atoms with van der Waals surface area (Å²) in [4.78, 5) is 11.9. The van der Waals surface area contributed by atoms with Crippen molar-refractivity contribution in [1.82, 2.24) is 0 Å². The number of hydrogen-bond acceptors (Lipinski definition) is 1. The molecule has 0 aliphatic heterocycles. The molecule has 0 radical (unpaired) electrons. The van der Waals surface area contributed by atoms with E-state index >= 15 is 0 Å². The van der Waals surface area contributed by atoms with Crippen molar-refractivity contribution in [3.05, 3.63) is 55.6 Å². The molecule has 2 N–H and O–H groups in total. The zero-order chi connectivity index (χ0) is 14.7. The number of anilines is 2. The summed E-state index contributed by atoms with van der Waals surface area (Å²) < 4.78 is 0.868. The number of carbonyl (C=O) groups is 1. The van der Waals surface area contributed by atoms with Crippen LogP contribution in [0.25, 0.3) is 0 Å². The number of benzene rings is 2. The first-order valence-electron chi connectivity index (χ1n) is 5.75. The highest BCUT2D eigenvalue weighted by Crippen LogP contribution is 2.23. The van der Waals surface area contributed by atoms with Crippen LogP contribution >= 0.6 is 45.8 Å². The molecule has 0 saturated heterocycles. The van der Waals surface area contributed by atoms with E-state index in [4.69, 9.17) is 23.2 Å². The van der Waals surface area contributed by atoms with Crippen LogP contribution < -0.4 is 10.6 Å². The number of hydrogen-bond donors (Lipinski definition) is 2. The largest absolute Gasteiger partial charge is 0.323 e. The second-order valence-corrected chi connectivity index (χ2v) is 6.17. The van der Waals surface area contributed by atoms with Gasteiger partial charge in [-0.15, -0.1) is 0 Å². The van der Waals surface area contributed by atoms with Crippen molar-refractivity contribution in [2.45, 2.75) is 6.92 Å². The van der Waals surface area contributed by atoms with E-state index in [0.717, 1.165) is 9.13 Å². The number of urea groups is 1. The van der Waals surface area contributed by atoms with Gasteiger partial charge in [-0.3, -0.25) is 0 Å². The van der Waals surface area contributed by atoms with Gasteiger partial charge in [0.25, 0.3) is 0 Å². The van der Waals surface area contributed by atoms with Crippen LogP contribution in [0.3, 0.4) is 0 Å². The van der Waals surface area contributed by atoms with Gasteiger partial charge in [0, 0.05) is 19.3 Å². The Kier molecular flexibility index (Phi) is 5.12. The molecule has 0 heterocycles. The quantitative estimate of drug-likeness (QED) is 0.614. The van der Waals surface area contributed by atoms with Crippen LogP contribution in [0.2, 0.25) is 10.0 Å². The predicted octanol–water partition coefficient (Wildman–Crippen LogP) is 5.55. The molecule has 6 heteroatoms. The van der Waals surface area contributed by atoms with Crippen molar-refractivity contribution >= 4 is 63.2 Å². The van der Waals surface area contributed by atoms with E-state index in [1.165, 1.54) is 0 Å². The van der Waals surface area contributed by atoms with E-state index in [0.29, 0.717) is 21.4 Å². The fraction of sp³-hybridized carbons (Fsp3) is 0.0714. The Labute approximate surface area is 140 Å². The van der Waals surface area contributed by atoms with Gasteiger partial charge in [-0.1, -0.05) is 29.3 Å². The summed E-state index contributed by atoms with van der Waals surface area (Å²) in [6, 6.07) is 10.3. The van der Waals surface area contributed by atoms with Crippen LogP contribution in [0.15, 0.2) is 36.4 Å². The molecule has 104 valence electrons. The van der Waals surface area contributed by atoms with Crippen LogP contribution in [-0.4, -0.2) is 6.03 Å². The Hall–Kier alpha value is -0.980. The van der Waals surface area contributed by atoms with Gasteiger partial charge in [-0.2, -0.15) is 0 Å². The zero-order valence-corrected chi connectivity index (χ0v) is 14.2. The Balaban J connectivity index is 2.07. The van der Waals surface area contributed by atoms with E-state index in [9.17, 15) is 4.79 Å². The lowest BCUT2D eigenvalue weighted by Gasteiger charge is -2.10. The lowest BCUT2D eigenvalue weighted by Crippen LogP contribution is -2.20. The Bertz CT molecular complexity index is 662. The fourth-order valence-electron chi connectivity index (χ4n) is 1.55. The molecule has 0 aromatic heterocycles. The monoisotopic (exact) mass is 420 g/mol. The molecular weight excluding hydrogens is 410 g/mol. The summed E-state index contributed by atoms with van der Waals surface area (Å²) in [7, 11) is 0. The molecule has 2 aromatic rings. The molecule has 0 saturated carbocycles. The minimum Gasteiger partial charge on any atom is -0.308 e. The molecule has 0 bridgehead atoms. The third-order valence-corrected chi connectivity index (χ3v) is 4.14. The molecule has 2 aromatic carbocycles. The molecule has 20 heavy (non-hydrogen) atoms. The standard InChI is InChI=1S/C14H11Cl2IN2O/c1-8-2-4-10(7-11(8)16)18-14(20)19-13-5-3-9(15)6-12(13)17/h2-7H,1H3,(H2,18,19,20). The van der Waals surface area contributed by atoms with Crippen molar-refractivity contribution < 1.29 is 4.79 Å². The first kappa shape index (κ1) is 15.4. The summed E-state index contributed by atoms with van der Waals surface area (Å²) >= 11 is 14.0. The molecule has 3 nitrogen and oxygen atoms in total. The minimum absolute atomic E-state index is 0.329. The maximum absolute atomic E-state index is 11.9. The lowest BCUT2D eigenvalue weighted by molar-refractivity contribution is 0.262. The number of aryl methyl sites for hydroxylation is 1. The van der Waals surface area contributed by atoms with E-state index in [-0.39, 0.29) is 6.03 Å². The normalized spacial score (nSPS) is 10.2. The average molecular weight is 421 g/mol. The van der Waals surface area contributed by atoms with Crippen LogP contribution in [0, 0.1) is 10.5 Å². The second kappa shape index (κ2) is 6.65. The third-order valence-electron chi connectivity index (χ3n) is 2.61. The maximum Gasteiger partial charge on any atom is 0.323 e. The van der Waals surface area contributed by atoms with Crippen LogP contribution in [0.5, 0.6) is 0 Å². The van der Waals surface area contributed by atoms with Gasteiger partial charge in [0.1, 0.15) is 0 Å². The van der Waals surface area contributed by atoms with Gasteiger partial charge >= 0.3 is 6.03 Å². The van der Waals surface area contributed by atoms with Gasteiger partial charge in [0.2, 0.25) is 0 Å². The summed E-state index contributed by atoms with van der Waals surface area (Å²) in [5.41, 5.74) is 2.30. The van der Waals surface area contributed by atoms with Crippen molar-refractivity contribution in [3.63, 3.8) is 0 Å². The van der Waals surface area contributed by atoms with E-state index in [2.05, 4.69) is 33.2 Å². The summed E-state index contributed by atoms with van der Waals surface area (Å²) in [5.74, 6) is 0. The molecule has 0 atom stereocenters. The average Bonchev–Trinajstić information content (AvgIpc) is 2.37. The Morgan fingerprint density at radius 2 is 1.85 bits per heavy atom. The minimum atomic E-state index is -0.329. The van der Waals surface area contributed by atoms with E-state index < -0.39 is 0 Å². The topological polar surface area (TPSA) is 41.1 Å². The van der Waals surface area contributed by atoms with Gasteiger partial charge in [-0.25, -0.2) is 4.79 Å². The molecule has 0 fully saturated rings. The Morgan fingerprint density at radius 1 is 1.10 bits per heavy atom. The zero-order valence-electron chi connectivity index (χ0n) is 10.5. The molecule has 0 unspecified atom stereocenters. The van der Waals surface area contributed by atoms with E-state index in [1.807, 2.05) is 13.0 Å². The molecule has 0 aliphatic rings. The van der Waals surface area contributed by atoms with Crippen molar-refractivity contribution in [3.8, 4) is 0 Å². The molecular formula is C14H11Cl2IN2O. The summed E-state index contributed by atoms with van der Waals surface area (Å²) in [5, 5.41) is 6.74. The number of nitrogens with one attached hydrogen (secondary N) is 2. The third kappa shape index (κ3) is 4.01.